The van der Waals surface area contributed by atoms with E-state index in [2.05, 4.69) is 10.4 Å². The molecule has 3 nitrogen and oxygen atoms in total. The topological polar surface area (TPSA) is 29.9 Å². The van der Waals surface area contributed by atoms with Gasteiger partial charge in [-0.1, -0.05) is 6.07 Å². The largest absolute Gasteiger partial charge is 0.317 e. The van der Waals surface area contributed by atoms with Gasteiger partial charge in [0.15, 0.2) is 0 Å². The molecular formula is C14H16FN3. The van der Waals surface area contributed by atoms with Crippen molar-refractivity contribution in [3.63, 3.8) is 0 Å². The lowest BCUT2D eigenvalue weighted by Gasteiger charge is -2.23. The highest BCUT2D eigenvalue weighted by Gasteiger charge is 2.16. The van der Waals surface area contributed by atoms with E-state index in [9.17, 15) is 4.39 Å². The number of nitrogens with zero attached hydrogens (tertiary/aromatic N) is 2. The molecule has 0 aliphatic carbocycles. The van der Waals surface area contributed by atoms with Crippen LogP contribution >= 0.6 is 0 Å². The monoisotopic (exact) mass is 245 g/mol. The van der Waals surface area contributed by atoms with Crippen molar-refractivity contribution in [1.82, 2.24) is 15.1 Å². The lowest BCUT2D eigenvalue weighted by molar-refractivity contribution is 0.458. The summed E-state index contributed by atoms with van der Waals surface area (Å²) in [6.45, 7) is 2.04. The molecule has 4 heteroatoms. The predicted octanol–water partition coefficient (Wildman–Crippen LogP) is 2.48. The summed E-state index contributed by atoms with van der Waals surface area (Å²) in [5.41, 5.74) is 1.61. The van der Waals surface area contributed by atoms with Gasteiger partial charge < -0.3 is 5.32 Å². The fourth-order valence-corrected chi connectivity index (χ4v) is 2.53. The van der Waals surface area contributed by atoms with Crippen molar-refractivity contribution in [3.05, 3.63) is 48.0 Å². The van der Waals surface area contributed by atoms with Gasteiger partial charge in [-0.3, -0.25) is 0 Å². The second-order valence-electron chi connectivity index (χ2n) is 4.69. The molecule has 1 saturated heterocycles. The molecule has 0 amide bonds. The van der Waals surface area contributed by atoms with Gasteiger partial charge in [0.25, 0.3) is 0 Å². The Labute approximate surface area is 106 Å². The van der Waals surface area contributed by atoms with E-state index >= 15 is 0 Å². The number of aromatic nitrogens is 2. The molecular weight excluding hydrogens is 229 g/mol. The average molecular weight is 245 g/mol. The van der Waals surface area contributed by atoms with Gasteiger partial charge in [-0.25, -0.2) is 9.07 Å². The van der Waals surface area contributed by atoms with Crippen LogP contribution in [0, 0.1) is 5.82 Å². The van der Waals surface area contributed by atoms with Crippen molar-refractivity contribution >= 4 is 0 Å². The minimum absolute atomic E-state index is 0.199. The quantitative estimate of drug-likeness (QED) is 0.881. The van der Waals surface area contributed by atoms with E-state index in [4.69, 9.17) is 0 Å². The standard InChI is InChI=1S/C14H16FN3/c15-13-10-12(11-4-7-16-8-5-11)2-3-14(13)18-9-1-6-17-18/h1-3,6,9-11,16H,4-5,7-8H2. The van der Waals surface area contributed by atoms with Gasteiger partial charge >= 0.3 is 0 Å². The first-order chi connectivity index (χ1) is 8.84. The third-order valence-corrected chi connectivity index (χ3v) is 3.53. The number of benzene rings is 1. The van der Waals surface area contributed by atoms with Gasteiger partial charge in [0, 0.05) is 12.4 Å². The van der Waals surface area contributed by atoms with E-state index in [1.807, 2.05) is 12.1 Å². The Hall–Kier alpha value is -1.68. The lowest BCUT2D eigenvalue weighted by atomic mass is 9.90. The van der Waals surface area contributed by atoms with Gasteiger partial charge in [-0.15, -0.1) is 0 Å². The molecule has 1 aromatic heterocycles. The summed E-state index contributed by atoms with van der Waals surface area (Å²) < 4.78 is 15.6. The van der Waals surface area contributed by atoms with Gasteiger partial charge in [0.1, 0.15) is 11.5 Å². The minimum atomic E-state index is -0.199. The van der Waals surface area contributed by atoms with Crippen molar-refractivity contribution in [3.8, 4) is 5.69 Å². The summed E-state index contributed by atoms with van der Waals surface area (Å²) in [6.07, 6.45) is 5.57. The maximum atomic E-state index is 14.1. The molecule has 1 N–H and O–H groups in total. The van der Waals surface area contributed by atoms with E-state index in [1.54, 1.807) is 29.2 Å². The Morgan fingerprint density at radius 2 is 2.11 bits per heavy atom. The fraction of sp³-hybridized carbons (Fsp3) is 0.357. The van der Waals surface area contributed by atoms with Crippen LogP contribution in [0.5, 0.6) is 0 Å². The van der Waals surface area contributed by atoms with Gasteiger partial charge in [-0.2, -0.15) is 5.10 Å². The molecule has 0 unspecified atom stereocenters. The highest BCUT2D eigenvalue weighted by Crippen LogP contribution is 2.27. The number of hydrogen-bond acceptors (Lipinski definition) is 2. The van der Waals surface area contributed by atoms with Gasteiger partial charge in [-0.05, 0) is 55.6 Å². The molecule has 0 spiro atoms. The molecule has 0 bridgehead atoms. The Morgan fingerprint density at radius 3 is 2.78 bits per heavy atom. The summed E-state index contributed by atoms with van der Waals surface area (Å²) in [6, 6.07) is 7.29. The van der Waals surface area contributed by atoms with Crippen molar-refractivity contribution < 1.29 is 4.39 Å². The Bertz CT molecular complexity index is 516. The molecule has 1 aliphatic rings. The first-order valence-corrected chi connectivity index (χ1v) is 6.35. The lowest BCUT2D eigenvalue weighted by Crippen LogP contribution is -2.26. The molecule has 1 fully saturated rings. The van der Waals surface area contributed by atoms with E-state index in [0.29, 0.717) is 11.6 Å². The van der Waals surface area contributed by atoms with Crippen LogP contribution in [-0.2, 0) is 0 Å². The molecule has 3 rings (SSSR count). The average Bonchev–Trinajstić information content (AvgIpc) is 2.93. The first-order valence-electron chi connectivity index (χ1n) is 6.35. The van der Waals surface area contributed by atoms with Gasteiger partial charge in [0.05, 0.1) is 0 Å². The number of halogens is 1. The number of rotatable bonds is 2. The van der Waals surface area contributed by atoms with Crippen LogP contribution in [-0.4, -0.2) is 22.9 Å². The molecule has 94 valence electrons. The zero-order chi connectivity index (χ0) is 12.4. The maximum Gasteiger partial charge on any atom is 0.149 e. The van der Waals surface area contributed by atoms with E-state index in [0.717, 1.165) is 31.5 Å². The van der Waals surface area contributed by atoms with E-state index < -0.39 is 0 Å². The Kier molecular flexibility index (Phi) is 3.11. The number of hydrogen-bond donors (Lipinski definition) is 1. The van der Waals surface area contributed by atoms with Crippen LogP contribution in [0.25, 0.3) is 5.69 Å². The normalized spacial score (nSPS) is 16.9. The highest BCUT2D eigenvalue weighted by molar-refractivity contribution is 5.37. The van der Waals surface area contributed by atoms with Crippen LogP contribution in [0.1, 0.15) is 24.3 Å². The zero-order valence-electron chi connectivity index (χ0n) is 10.1. The van der Waals surface area contributed by atoms with Crippen LogP contribution in [0.4, 0.5) is 4.39 Å². The predicted molar refractivity (Wildman–Crippen MR) is 68.4 cm³/mol. The number of piperidine rings is 1. The smallest absolute Gasteiger partial charge is 0.149 e. The highest BCUT2D eigenvalue weighted by atomic mass is 19.1. The molecule has 0 saturated carbocycles. The summed E-state index contributed by atoms with van der Waals surface area (Å²) >= 11 is 0. The summed E-state index contributed by atoms with van der Waals surface area (Å²) in [5, 5.41) is 7.38. The van der Waals surface area contributed by atoms with Crippen LogP contribution in [0.2, 0.25) is 0 Å². The summed E-state index contributed by atoms with van der Waals surface area (Å²) in [4.78, 5) is 0. The molecule has 2 heterocycles. The van der Waals surface area contributed by atoms with Crippen molar-refractivity contribution in [2.45, 2.75) is 18.8 Å². The molecule has 0 radical (unpaired) electrons. The van der Waals surface area contributed by atoms with Crippen molar-refractivity contribution in [2.24, 2.45) is 0 Å². The maximum absolute atomic E-state index is 14.1. The summed E-state index contributed by atoms with van der Waals surface area (Å²) in [7, 11) is 0. The minimum Gasteiger partial charge on any atom is -0.317 e. The second-order valence-corrected chi connectivity index (χ2v) is 4.69. The molecule has 18 heavy (non-hydrogen) atoms. The SMILES string of the molecule is Fc1cc(C2CCNCC2)ccc1-n1cccn1. The van der Waals surface area contributed by atoms with E-state index in [-0.39, 0.29) is 5.82 Å². The van der Waals surface area contributed by atoms with Crippen molar-refractivity contribution in [1.29, 1.82) is 0 Å². The third kappa shape index (κ3) is 2.16. The molecule has 1 aromatic carbocycles. The van der Waals surface area contributed by atoms with Crippen molar-refractivity contribution in [2.75, 3.05) is 13.1 Å². The first kappa shape index (κ1) is 11.4. The van der Waals surface area contributed by atoms with Gasteiger partial charge in [0.2, 0.25) is 0 Å². The zero-order valence-corrected chi connectivity index (χ0v) is 10.1. The second kappa shape index (κ2) is 4.90. The van der Waals surface area contributed by atoms with Crippen LogP contribution < -0.4 is 5.32 Å². The van der Waals surface area contributed by atoms with Crippen LogP contribution in [0.3, 0.4) is 0 Å². The molecule has 2 aromatic rings. The Morgan fingerprint density at radius 1 is 1.28 bits per heavy atom. The third-order valence-electron chi connectivity index (χ3n) is 3.53. The van der Waals surface area contributed by atoms with Crippen LogP contribution in [0.15, 0.2) is 36.7 Å². The Balaban J connectivity index is 1.89. The molecule has 0 atom stereocenters. The van der Waals surface area contributed by atoms with E-state index in [1.165, 1.54) is 0 Å². The fourth-order valence-electron chi connectivity index (χ4n) is 2.53. The number of nitrogens with one attached hydrogen (secondary N) is 1. The summed E-state index contributed by atoms with van der Waals surface area (Å²) in [5.74, 6) is 0.280. The molecule has 1 aliphatic heterocycles.